The van der Waals surface area contributed by atoms with Crippen molar-refractivity contribution in [1.29, 1.82) is 5.26 Å². The highest BCUT2D eigenvalue weighted by Crippen LogP contribution is 2.53. The molecule has 1 N–H and O–H groups in total. The third-order valence-corrected chi connectivity index (χ3v) is 3.63. The van der Waals surface area contributed by atoms with Crippen molar-refractivity contribution in [3.63, 3.8) is 0 Å². The topological polar surface area (TPSA) is 70.3 Å². The lowest BCUT2D eigenvalue weighted by Crippen LogP contribution is -2.33. The molecule has 0 amide bonds. The Bertz CT molecular complexity index is 640. The van der Waals surface area contributed by atoms with E-state index in [1.165, 1.54) is 7.11 Å². The maximum absolute atomic E-state index is 11.4. The van der Waals surface area contributed by atoms with Crippen LogP contribution in [-0.4, -0.2) is 23.8 Å². The van der Waals surface area contributed by atoms with Gasteiger partial charge in [-0.25, -0.2) is 4.79 Å². The smallest absolute Gasteiger partial charge is 0.337 e. The molecule has 0 bridgehead atoms. The molecule has 0 aliphatic heterocycles. The van der Waals surface area contributed by atoms with Crippen molar-refractivity contribution in [2.24, 2.45) is 5.41 Å². The number of esters is 1. The zero-order valence-electron chi connectivity index (χ0n) is 11.4. The van der Waals surface area contributed by atoms with Gasteiger partial charge < -0.3 is 9.84 Å². The lowest BCUT2D eigenvalue weighted by molar-refractivity contribution is 0.0600. The number of methoxy groups -OCH3 is 1. The normalized spacial score (nSPS) is 17.9. The third kappa shape index (κ3) is 2.52. The maximum Gasteiger partial charge on any atom is 0.337 e. The van der Waals surface area contributed by atoms with Crippen LogP contribution < -0.4 is 0 Å². The van der Waals surface area contributed by atoms with Crippen molar-refractivity contribution < 1.29 is 14.6 Å². The van der Waals surface area contributed by atoms with Gasteiger partial charge in [-0.2, -0.15) is 5.26 Å². The summed E-state index contributed by atoms with van der Waals surface area (Å²) in [5, 5.41) is 19.4. The zero-order valence-corrected chi connectivity index (χ0v) is 11.4. The number of carbonyl (C=O) groups is 1. The van der Waals surface area contributed by atoms with E-state index in [0.29, 0.717) is 24.0 Å². The minimum Gasteiger partial charge on any atom is -0.465 e. The predicted molar refractivity (Wildman–Crippen MR) is 72.6 cm³/mol. The largest absolute Gasteiger partial charge is 0.465 e. The fourth-order valence-electron chi connectivity index (χ4n) is 1.99. The molecule has 1 atom stereocenters. The first-order valence-corrected chi connectivity index (χ1v) is 6.29. The lowest BCUT2D eigenvalue weighted by atomic mass is 9.87. The summed E-state index contributed by atoms with van der Waals surface area (Å²) in [6, 6.07) is 8.81. The molecule has 1 aromatic carbocycles. The summed E-state index contributed by atoms with van der Waals surface area (Å²) in [5.41, 5.74) is -1.09. The highest BCUT2D eigenvalue weighted by Gasteiger charge is 2.56. The molecular formula is C16H15NO3. The lowest BCUT2D eigenvalue weighted by Gasteiger charge is -2.21. The van der Waals surface area contributed by atoms with E-state index < -0.39 is 17.0 Å². The van der Waals surface area contributed by atoms with Crippen LogP contribution in [0.2, 0.25) is 0 Å². The number of ether oxygens (including phenoxy) is 1. The molecule has 0 spiro atoms. The Hall–Kier alpha value is -2.30. The molecule has 1 saturated carbocycles. The molecule has 1 aromatic rings. The number of hydrogen-bond acceptors (Lipinski definition) is 4. The summed E-state index contributed by atoms with van der Waals surface area (Å²) in [6.45, 7) is 1.56. The van der Waals surface area contributed by atoms with Crippen molar-refractivity contribution >= 4 is 5.97 Å². The highest BCUT2D eigenvalue weighted by atomic mass is 16.5. The molecule has 0 heterocycles. The van der Waals surface area contributed by atoms with Gasteiger partial charge in [0.2, 0.25) is 0 Å². The van der Waals surface area contributed by atoms with Crippen molar-refractivity contribution in [2.75, 3.05) is 7.11 Å². The quantitative estimate of drug-likeness (QED) is 0.657. The average Bonchev–Trinajstić information content (AvgIpc) is 3.26. The molecule has 0 aromatic heterocycles. The first-order chi connectivity index (χ1) is 9.44. The molecule has 1 aliphatic rings. The van der Waals surface area contributed by atoms with Crippen LogP contribution in [0, 0.1) is 28.6 Å². The number of nitrogens with zero attached hydrogens (tertiary/aromatic N) is 1. The van der Waals surface area contributed by atoms with Gasteiger partial charge in [-0.15, -0.1) is 0 Å². The molecule has 102 valence electrons. The molecule has 2 rings (SSSR count). The van der Waals surface area contributed by atoms with E-state index in [0.717, 1.165) is 0 Å². The molecule has 1 fully saturated rings. The SMILES string of the molecule is COC(=O)c1cccc(C#C[C@](C)(O)C2(C#N)CC2)c1. The van der Waals surface area contributed by atoms with Gasteiger partial charge >= 0.3 is 5.97 Å². The first-order valence-electron chi connectivity index (χ1n) is 6.29. The second-order valence-corrected chi connectivity index (χ2v) is 5.09. The molecule has 0 saturated heterocycles. The summed E-state index contributed by atoms with van der Waals surface area (Å²) in [4.78, 5) is 11.4. The Morgan fingerprint density at radius 1 is 1.50 bits per heavy atom. The van der Waals surface area contributed by atoms with Gasteiger partial charge in [-0.1, -0.05) is 17.9 Å². The monoisotopic (exact) mass is 269 g/mol. The van der Waals surface area contributed by atoms with Gasteiger partial charge in [0.25, 0.3) is 0 Å². The molecule has 0 unspecified atom stereocenters. The van der Waals surface area contributed by atoms with E-state index in [4.69, 9.17) is 5.26 Å². The fourth-order valence-corrected chi connectivity index (χ4v) is 1.99. The predicted octanol–water partition coefficient (Wildman–Crippen LogP) is 1.88. The van der Waals surface area contributed by atoms with Crippen LogP contribution in [0.15, 0.2) is 24.3 Å². The van der Waals surface area contributed by atoms with Crippen molar-refractivity contribution in [3.8, 4) is 17.9 Å². The van der Waals surface area contributed by atoms with Gasteiger partial charge in [0, 0.05) is 5.56 Å². The minimum atomic E-state index is -1.34. The van der Waals surface area contributed by atoms with Crippen LogP contribution in [0.5, 0.6) is 0 Å². The standard InChI is InChI=1S/C16H15NO3/c1-15(19,16(11-17)8-9-16)7-6-12-4-3-5-13(10-12)14(18)20-2/h3-5,10,19H,8-9H2,1-2H3/t15-/m0/s1. The van der Waals surface area contributed by atoms with Gasteiger partial charge in [-0.05, 0) is 38.0 Å². The highest BCUT2D eigenvalue weighted by molar-refractivity contribution is 5.89. The second-order valence-electron chi connectivity index (χ2n) is 5.09. The van der Waals surface area contributed by atoms with Gasteiger partial charge in [-0.3, -0.25) is 0 Å². The van der Waals surface area contributed by atoms with E-state index in [-0.39, 0.29) is 0 Å². The van der Waals surface area contributed by atoms with E-state index in [1.807, 2.05) is 0 Å². The van der Waals surface area contributed by atoms with Crippen molar-refractivity contribution in [1.82, 2.24) is 0 Å². The van der Waals surface area contributed by atoms with Crippen LogP contribution in [0.1, 0.15) is 35.7 Å². The third-order valence-electron chi connectivity index (χ3n) is 3.63. The number of nitriles is 1. The summed E-state index contributed by atoms with van der Waals surface area (Å²) in [6.07, 6.45) is 1.32. The molecule has 1 aliphatic carbocycles. The number of rotatable bonds is 2. The second kappa shape index (κ2) is 5.00. The van der Waals surface area contributed by atoms with Crippen LogP contribution in [-0.2, 0) is 4.74 Å². The van der Waals surface area contributed by atoms with E-state index in [9.17, 15) is 9.90 Å². The van der Waals surface area contributed by atoms with Crippen molar-refractivity contribution in [3.05, 3.63) is 35.4 Å². The van der Waals surface area contributed by atoms with Gasteiger partial charge in [0.05, 0.1) is 24.2 Å². The summed E-state index contributed by atoms with van der Waals surface area (Å²) in [7, 11) is 1.31. The Labute approximate surface area is 118 Å². The van der Waals surface area contributed by atoms with E-state index >= 15 is 0 Å². The summed E-state index contributed by atoms with van der Waals surface area (Å²) < 4.78 is 4.64. The number of aliphatic hydroxyl groups is 1. The van der Waals surface area contributed by atoms with Crippen LogP contribution in [0.3, 0.4) is 0 Å². The van der Waals surface area contributed by atoms with E-state index in [2.05, 4.69) is 22.6 Å². The number of carbonyl (C=O) groups excluding carboxylic acids is 1. The van der Waals surface area contributed by atoms with Crippen molar-refractivity contribution in [2.45, 2.75) is 25.4 Å². The minimum absolute atomic E-state index is 0.403. The van der Waals surface area contributed by atoms with Crippen LogP contribution in [0.4, 0.5) is 0 Å². The van der Waals surface area contributed by atoms with Gasteiger partial charge in [0.15, 0.2) is 0 Å². The molecule has 0 radical (unpaired) electrons. The molecular weight excluding hydrogens is 254 g/mol. The van der Waals surface area contributed by atoms with Crippen LogP contribution >= 0.6 is 0 Å². The first kappa shape index (κ1) is 14.1. The van der Waals surface area contributed by atoms with Gasteiger partial charge in [0.1, 0.15) is 5.60 Å². The summed E-state index contributed by atoms with van der Waals surface area (Å²) >= 11 is 0. The van der Waals surface area contributed by atoms with Crippen LogP contribution in [0.25, 0.3) is 0 Å². The molecule has 4 nitrogen and oxygen atoms in total. The zero-order chi connectivity index (χ0) is 14.8. The maximum atomic E-state index is 11.4. The number of benzene rings is 1. The Morgan fingerprint density at radius 3 is 2.75 bits per heavy atom. The Morgan fingerprint density at radius 2 is 2.20 bits per heavy atom. The average molecular weight is 269 g/mol. The summed E-state index contributed by atoms with van der Waals surface area (Å²) in [5.74, 6) is 5.14. The molecule has 4 heteroatoms. The Kier molecular flexibility index (Phi) is 3.53. The Balaban J connectivity index is 2.26. The molecule has 20 heavy (non-hydrogen) atoms. The fraction of sp³-hybridized carbons (Fsp3) is 0.375. The number of hydrogen-bond donors (Lipinski definition) is 1. The van der Waals surface area contributed by atoms with E-state index in [1.54, 1.807) is 31.2 Å².